The van der Waals surface area contributed by atoms with Gasteiger partial charge in [0, 0.05) is 24.8 Å². The largest absolute Gasteiger partial charge is 0.355 e. The van der Waals surface area contributed by atoms with E-state index in [-0.39, 0.29) is 17.7 Å². The Balaban J connectivity index is 1.99. The molecule has 1 aromatic rings. The number of benzene rings is 1. The molecule has 5 heteroatoms. The molecule has 2 atom stereocenters. The SMILES string of the molecule is CNC(=O)c1ccc(NC(=O)C2CNCC2C)cc1. The van der Waals surface area contributed by atoms with Crippen molar-refractivity contribution in [3.05, 3.63) is 29.8 Å². The van der Waals surface area contributed by atoms with Crippen molar-refractivity contribution in [3.8, 4) is 0 Å². The highest BCUT2D eigenvalue weighted by atomic mass is 16.2. The second-order valence-corrected chi connectivity index (χ2v) is 4.89. The van der Waals surface area contributed by atoms with Crippen LogP contribution in [0, 0.1) is 11.8 Å². The molecule has 1 fully saturated rings. The summed E-state index contributed by atoms with van der Waals surface area (Å²) in [5.41, 5.74) is 1.30. The minimum atomic E-state index is -0.133. The molecule has 1 aliphatic heterocycles. The van der Waals surface area contributed by atoms with E-state index < -0.39 is 0 Å². The van der Waals surface area contributed by atoms with Crippen molar-refractivity contribution in [2.75, 3.05) is 25.5 Å². The minimum Gasteiger partial charge on any atom is -0.355 e. The summed E-state index contributed by atoms with van der Waals surface area (Å²) < 4.78 is 0. The molecule has 2 unspecified atom stereocenters. The van der Waals surface area contributed by atoms with Crippen molar-refractivity contribution in [3.63, 3.8) is 0 Å². The molecular weight excluding hydrogens is 242 g/mol. The summed E-state index contributed by atoms with van der Waals surface area (Å²) in [6.07, 6.45) is 0. The number of hydrogen-bond acceptors (Lipinski definition) is 3. The van der Waals surface area contributed by atoms with Crippen LogP contribution < -0.4 is 16.0 Å². The highest BCUT2D eigenvalue weighted by Crippen LogP contribution is 2.18. The molecule has 19 heavy (non-hydrogen) atoms. The summed E-state index contributed by atoms with van der Waals surface area (Å²) in [6.45, 7) is 3.68. The average molecular weight is 261 g/mol. The summed E-state index contributed by atoms with van der Waals surface area (Å²) in [5.74, 6) is 0.264. The van der Waals surface area contributed by atoms with Crippen LogP contribution in [-0.2, 0) is 4.79 Å². The van der Waals surface area contributed by atoms with Gasteiger partial charge in [-0.05, 0) is 36.7 Å². The van der Waals surface area contributed by atoms with Gasteiger partial charge in [0.15, 0.2) is 0 Å². The van der Waals surface area contributed by atoms with Gasteiger partial charge in [-0.2, -0.15) is 0 Å². The van der Waals surface area contributed by atoms with E-state index >= 15 is 0 Å². The van der Waals surface area contributed by atoms with Gasteiger partial charge in [0.25, 0.3) is 5.91 Å². The van der Waals surface area contributed by atoms with Gasteiger partial charge in [-0.15, -0.1) is 0 Å². The van der Waals surface area contributed by atoms with Gasteiger partial charge in [0.05, 0.1) is 5.92 Å². The van der Waals surface area contributed by atoms with E-state index in [0.717, 1.165) is 18.8 Å². The number of amides is 2. The second-order valence-electron chi connectivity index (χ2n) is 4.89. The van der Waals surface area contributed by atoms with Crippen molar-refractivity contribution in [1.82, 2.24) is 10.6 Å². The fraction of sp³-hybridized carbons (Fsp3) is 0.429. The van der Waals surface area contributed by atoms with E-state index in [4.69, 9.17) is 0 Å². The minimum absolute atomic E-state index is 0.0126. The van der Waals surface area contributed by atoms with Crippen LogP contribution in [0.5, 0.6) is 0 Å². The van der Waals surface area contributed by atoms with E-state index in [2.05, 4.69) is 22.9 Å². The first-order valence-electron chi connectivity index (χ1n) is 6.45. The fourth-order valence-corrected chi connectivity index (χ4v) is 2.25. The Bertz CT molecular complexity index is 470. The molecule has 1 saturated heterocycles. The molecular formula is C14H19N3O2. The first-order valence-corrected chi connectivity index (χ1v) is 6.45. The van der Waals surface area contributed by atoms with Crippen LogP contribution in [0.3, 0.4) is 0 Å². The lowest BCUT2D eigenvalue weighted by Gasteiger charge is -2.14. The molecule has 0 saturated carbocycles. The molecule has 102 valence electrons. The van der Waals surface area contributed by atoms with Crippen molar-refractivity contribution in [2.45, 2.75) is 6.92 Å². The number of rotatable bonds is 3. The number of carbonyl (C=O) groups is 2. The first-order chi connectivity index (χ1) is 9.11. The van der Waals surface area contributed by atoms with Crippen molar-refractivity contribution in [2.24, 2.45) is 11.8 Å². The normalized spacial score (nSPS) is 22.0. The lowest BCUT2D eigenvalue weighted by molar-refractivity contribution is -0.120. The Hall–Kier alpha value is -1.88. The predicted octanol–water partition coefficient (Wildman–Crippen LogP) is 0.840. The van der Waals surface area contributed by atoms with E-state index in [1.807, 2.05) is 0 Å². The zero-order chi connectivity index (χ0) is 13.8. The topological polar surface area (TPSA) is 70.2 Å². The van der Waals surface area contributed by atoms with Crippen molar-refractivity contribution < 1.29 is 9.59 Å². The molecule has 1 aromatic carbocycles. The standard InChI is InChI=1S/C14H19N3O2/c1-9-7-16-8-12(9)14(19)17-11-5-3-10(4-6-11)13(18)15-2/h3-6,9,12,16H,7-8H2,1-2H3,(H,15,18)(H,17,19). The molecule has 2 amide bonds. The van der Waals surface area contributed by atoms with Gasteiger partial charge in [-0.1, -0.05) is 6.92 Å². The number of hydrogen-bond donors (Lipinski definition) is 3. The summed E-state index contributed by atoms with van der Waals surface area (Å²) in [5, 5.41) is 8.65. The number of nitrogens with one attached hydrogen (secondary N) is 3. The van der Waals surface area contributed by atoms with Crippen LogP contribution in [0.1, 0.15) is 17.3 Å². The number of carbonyl (C=O) groups excluding carboxylic acids is 2. The van der Waals surface area contributed by atoms with Gasteiger partial charge < -0.3 is 16.0 Å². The molecule has 2 rings (SSSR count). The number of anilines is 1. The highest BCUT2D eigenvalue weighted by molar-refractivity contribution is 5.96. The van der Waals surface area contributed by atoms with Gasteiger partial charge >= 0.3 is 0 Å². The first kappa shape index (κ1) is 13.5. The molecule has 5 nitrogen and oxygen atoms in total. The maximum Gasteiger partial charge on any atom is 0.251 e. The molecule has 0 radical (unpaired) electrons. The van der Waals surface area contributed by atoms with Gasteiger partial charge in [-0.3, -0.25) is 9.59 Å². The molecule has 1 aliphatic rings. The van der Waals surface area contributed by atoms with E-state index in [0.29, 0.717) is 11.5 Å². The van der Waals surface area contributed by atoms with Crippen LogP contribution in [0.25, 0.3) is 0 Å². The van der Waals surface area contributed by atoms with Crippen LogP contribution in [-0.4, -0.2) is 32.0 Å². The third-order valence-electron chi connectivity index (χ3n) is 3.50. The Morgan fingerprint density at radius 3 is 2.42 bits per heavy atom. The van der Waals surface area contributed by atoms with Crippen LogP contribution in [0.4, 0.5) is 5.69 Å². The Kier molecular flexibility index (Phi) is 4.16. The van der Waals surface area contributed by atoms with Crippen LogP contribution >= 0.6 is 0 Å². The maximum atomic E-state index is 12.1. The van der Waals surface area contributed by atoms with Gasteiger partial charge in [0.2, 0.25) is 5.91 Å². The zero-order valence-corrected chi connectivity index (χ0v) is 11.2. The molecule has 3 N–H and O–H groups in total. The van der Waals surface area contributed by atoms with Gasteiger partial charge in [0.1, 0.15) is 0 Å². The summed E-state index contributed by atoms with van der Waals surface area (Å²) >= 11 is 0. The van der Waals surface area contributed by atoms with E-state index in [1.54, 1.807) is 31.3 Å². The van der Waals surface area contributed by atoms with Gasteiger partial charge in [-0.25, -0.2) is 0 Å². The Morgan fingerprint density at radius 1 is 1.21 bits per heavy atom. The lowest BCUT2D eigenvalue weighted by Crippen LogP contribution is -2.27. The summed E-state index contributed by atoms with van der Waals surface area (Å²) in [6, 6.07) is 6.89. The van der Waals surface area contributed by atoms with Crippen LogP contribution in [0.15, 0.2) is 24.3 Å². The highest BCUT2D eigenvalue weighted by Gasteiger charge is 2.29. The fourth-order valence-electron chi connectivity index (χ4n) is 2.25. The smallest absolute Gasteiger partial charge is 0.251 e. The third-order valence-corrected chi connectivity index (χ3v) is 3.50. The molecule has 1 heterocycles. The monoisotopic (exact) mass is 261 g/mol. The predicted molar refractivity (Wildman–Crippen MR) is 74.0 cm³/mol. The average Bonchev–Trinajstić information content (AvgIpc) is 2.85. The van der Waals surface area contributed by atoms with Crippen molar-refractivity contribution >= 4 is 17.5 Å². The molecule has 0 aromatic heterocycles. The summed E-state index contributed by atoms with van der Waals surface area (Å²) in [4.78, 5) is 23.5. The summed E-state index contributed by atoms with van der Waals surface area (Å²) in [7, 11) is 1.59. The quantitative estimate of drug-likeness (QED) is 0.755. The Morgan fingerprint density at radius 2 is 1.89 bits per heavy atom. The maximum absolute atomic E-state index is 12.1. The van der Waals surface area contributed by atoms with Crippen LogP contribution in [0.2, 0.25) is 0 Å². The second kappa shape index (κ2) is 5.84. The molecule has 0 spiro atoms. The molecule has 0 aliphatic carbocycles. The third kappa shape index (κ3) is 3.12. The zero-order valence-electron chi connectivity index (χ0n) is 11.2. The molecule has 0 bridgehead atoms. The van der Waals surface area contributed by atoms with E-state index in [1.165, 1.54) is 0 Å². The lowest BCUT2D eigenvalue weighted by atomic mass is 9.97. The van der Waals surface area contributed by atoms with E-state index in [9.17, 15) is 9.59 Å². The Labute approximate surface area is 112 Å². The van der Waals surface area contributed by atoms with Crippen molar-refractivity contribution in [1.29, 1.82) is 0 Å².